The predicted octanol–water partition coefficient (Wildman–Crippen LogP) is 1.37. The Labute approximate surface area is 102 Å². The molecule has 0 amide bonds. The summed E-state index contributed by atoms with van der Waals surface area (Å²) in [4.78, 5) is 10.8. The summed E-state index contributed by atoms with van der Waals surface area (Å²) in [7, 11) is 1.82. The van der Waals surface area contributed by atoms with E-state index in [0.29, 0.717) is 6.42 Å². The summed E-state index contributed by atoms with van der Waals surface area (Å²) in [5.74, 6) is -0.963. The molecule has 2 atom stereocenters. The minimum Gasteiger partial charge on any atom is -0.480 e. The molecule has 1 aromatic carbocycles. The molecule has 1 rings (SSSR count). The number of hydrogen-bond acceptors (Lipinski definition) is 3. The number of aryl methyl sites for hydroxylation is 2. The van der Waals surface area contributed by atoms with Gasteiger partial charge in [0.2, 0.25) is 0 Å². The largest absolute Gasteiger partial charge is 0.480 e. The van der Waals surface area contributed by atoms with E-state index in [1.54, 1.807) is 0 Å². The molecule has 0 aromatic heterocycles. The summed E-state index contributed by atoms with van der Waals surface area (Å²) in [5.41, 5.74) is 9.03. The van der Waals surface area contributed by atoms with Gasteiger partial charge in [-0.15, -0.1) is 0 Å². The summed E-state index contributed by atoms with van der Waals surface area (Å²) in [6, 6.07) is 5.28. The van der Waals surface area contributed by atoms with Crippen molar-refractivity contribution in [2.45, 2.75) is 32.4 Å². The number of nitrogens with one attached hydrogen (secondary N) is 1. The van der Waals surface area contributed by atoms with Crippen molar-refractivity contribution < 1.29 is 9.90 Å². The average Bonchev–Trinajstić information content (AvgIpc) is 2.26. The molecule has 0 radical (unpaired) electrons. The number of rotatable bonds is 5. The maximum absolute atomic E-state index is 10.8. The summed E-state index contributed by atoms with van der Waals surface area (Å²) < 4.78 is 0. The van der Waals surface area contributed by atoms with Crippen LogP contribution in [0, 0.1) is 13.8 Å². The molecule has 0 spiro atoms. The molecule has 0 heterocycles. The Morgan fingerprint density at radius 2 is 2.12 bits per heavy atom. The van der Waals surface area contributed by atoms with Gasteiger partial charge in [0.1, 0.15) is 6.04 Å². The van der Waals surface area contributed by atoms with Crippen LogP contribution in [0.15, 0.2) is 18.2 Å². The topological polar surface area (TPSA) is 75.3 Å². The van der Waals surface area contributed by atoms with Crippen LogP contribution in [0.5, 0.6) is 0 Å². The normalized spacial score (nSPS) is 14.4. The monoisotopic (exact) mass is 236 g/mol. The van der Waals surface area contributed by atoms with Gasteiger partial charge >= 0.3 is 5.97 Å². The van der Waals surface area contributed by atoms with Crippen LogP contribution in [0.4, 0.5) is 0 Å². The number of carboxylic acids is 1. The fraction of sp³-hybridized carbons (Fsp3) is 0.462. The van der Waals surface area contributed by atoms with Crippen LogP contribution in [-0.2, 0) is 4.79 Å². The molecular formula is C13H20N2O2. The highest BCUT2D eigenvalue weighted by atomic mass is 16.4. The van der Waals surface area contributed by atoms with Crippen LogP contribution >= 0.6 is 0 Å². The third-order valence-corrected chi connectivity index (χ3v) is 2.96. The lowest BCUT2D eigenvalue weighted by Crippen LogP contribution is -2.35. The van der Waals surface area contributed by atoms with Crippen LogP contribution in [0.25, 0.3) is 0 Å². The molecule has 2 unspecified atom stereocenters. The third kappa shape index (κ3) is 3.54. The summed E-state index contributed by atoms with van der Waals surface area (Å²) in [5, 5.41) is 12.0. The number of benzene rings is 1. The van der Waals surface area contributed by atoms with Crippen molar-refractivity contribution in [3.63, 3.8) is 0 Å². The van der Waals surface area contributed by atoms with Gasteiger partial charge in [-0.05, 0) is 38.4 Å². The molecule has 0 aliphatic rings. The Morgan fingerprint density at radius 1 is 1.47 bits per heavy atom. The molecule has 1 aromatic rings. The van der Waals surface area contributed by atoms with Crippen molar-refractivity contribution in [1.82, 2.24) is 5.32 Å². The van der Waals surface area contributed by atoms with Gasteiger partial charge in [0.25, 0.3) is 0 Å². The van der Waals surface area contributed by atoms with Crippen molar-refractivity contribution in [2.75, 3.05) is 7.05 Å². The minimum atomic E-state index is -0.963. The number of carboxylic acid groups (broad SMARTS) is 1. The van der Waals surface area contributed by atoms with Crippen LogP contribution in [0.3, 0.4) is 0 Å². The first-order valence-corrected chi connectivity index (χ1v) is 5.68. The van der Waals surface area contributed by atoms with Crippen LogP contribution in [0.2, 0.25) is 0 Å². The van der Waals surface area contributed by atoms with E-state index >= 15 is 0 Å². The van der Waals surface area contributed by atoms with E-state index in [0.717, 1.165) is 11.1 Å². The smallest absolute Gasteiger partial charge is 0.320 e. The Bertz CT molecular complexity index is 404. The molecule has 17 heavy (non-hydrogen) atoms. The number of carbonyl (C=O) groups is 1. The van der Waals surface area contributed by atoms with Gasteiger partial charge in [0, 0.05) is 6.04 Å². The van der Waals surface area contributed by atoms with Crippen molar-refractivity contribution in [1.29, 1.82) is 0 Å². The van der Waals surface area contributed by atoms with Crippen molar-refractivity contribution in [3.05, 3.63) is 34.9 Å². The van der Waals surface area contributed by atoms with E-state index in [1.807, 2.05) is 33.0 Å². The lowest BCUT2D eigenvalue weighted by molar-refractivity contribution is -0.138. The van der Waals surface area contributed by atoms with Gasteiger partial charge in [-0.2, -0.15) is 0 Å². The zero-order valence-electron chi connectivity index (χ0n) is 10.5. The van der Waals surface area contributed by atoms with E-state index in [2.05, 4.69) is 11.4 Å². The second kappa shape index (κ2) is 5.80. The highest BCUT2D eigenvalue weighted by molar-refractivity contribution is 5.73. The Balaban J connectivity index is 2.90. The first kappa shape index (κ1) is 13.7. The molecule has 0 bridgehead atoms. The van der Waals surface area contributed by atoms with Crippen LogP contribution in [-0.4, -0.2) is 24.2 Å². The molecule has 4 N–H and O–H groups in total. The molecular weight excluding hydrogens is 216 g/mol. The van der Waals surface area contributed by atoms with E-state index in [-0.39, 0.29) is 6.04 Å². The summed E-state index contributed by atoms with van der Waals surface area (Å²) in [6.07, 6.45) is 0.385. The van der Waals surface area contributed by atoms with Gasteiger partial charge in [-0.25, -0.2) is 0 Å². The van der Waals surface area contributed by atoms with Gasteiger partial charge in [-0.1, -0.05) is 23.8 Å². The molecule has 0 saturated carbocycles. The highest BCUT2D eigenvalue weighted by Crippen LogP contribution is 2.22. The molecule has 0 saturated heterocycles. The van der Waals surface area contributed by atoms with Crippen LogP contribution in [0.1, 0.15) is 29.2 Å². The van der Waals surface area contributed by atoms with Gasteiger partial charge in [0.05, 0.1) is 0 Å². The maximum Gasteiger partial charge on any atom is 0.320 e. The van der Waals surface area contributed by atoms with E-state index in [4.69, 9.17) is 10.8 Å². The second-order valence-corrected chi connectivity index (χ2v) is 4.38. The standard InChI is InChI=1S/C13H20N2O2/c1-8-4-5-10(9(2)6-8)12(15-3)7-11(14)13(16)17/h4-6,11-12,15H,7,14H2,1-3H3,(H,16,17). The van der Waals surface area contributed by atoms with Gasteiger partial charge in [-0.3, -0.25) is 4.79 Å². The van der Waals surface area contributed by atoms with E-state index in [9.17, 15) is 4.79 Å². The molecule has 4 nitrogen and oxygen atoms in total. The van der Waals surface area contributed by atoms with E-state index in [1.165, 1.54) is 5.56 Å². The summed E-state index contributed by atoms with van der Waals surface area (Å²) >= 11 is 0. The Kier molecular flexibility index (Phi) is 4.66. The van der Waals surface area contributed by atoms with Gasteiger partial charge in [0.15, 0.2) is 0 Å². The number of aliphatic carboxylic acids is 1. The average molecular weight is 236 g/mol. The van der Waals surface area contributed by atoms with Gasteiger partial charge < -0.3 is 16.2 Å². The quantitative estimate of drug-likeness (QED) is 0.721. The highest BCUT2D eigenvalue weighted by Gasteiger charge is 2.19. The van der Waals surface area contributed by atoms with Crippen molar-refractivity contribution >= 4 is 5.97 Å². The summed E-state index contributed by atoms with van der Waals surface area (Å²) in [6.45, 7) is 4.06. The second-order valence-electron chi connectivity index (χ2n) is 4.38. The molecule has 0 fully saturated rings. The zero-order valence-corrected chi connectivity index (χ0v) is 10.5. The van der Waals surface area contributed by atoms with E-state index < -0.39 is 12.0 Å². The molecule has 4 heteroatoms. The van der Waals surface area contributed by atoms with Crippen molar-refractivity contribution in [3.8, 4) is 0 Å². The molecule has 94 valence electrons. The SMILES string of the molecule is CNC(CC(N)C(=O)O)c1ccc(C)cc1C. The Morgan fingerprint density at radius 3 is 2.59 bits per heavy atom. The number of hydrogen-bond donors (Lipinski definition) is 3. The Hall–Kier alpha value is -1.39. The lowest BCUT2D eigenvalue weighted by atomic mass is 9.95. The fourth-order valence-corrected chi connectivity index (χ4v) is 1.97. The predicted molar refractivity (Wildman–Crippen MR) is 67.9 cm³/mol. The third-order valence-electron chi connectivity index (χ3n) is 2.96. The first-order valence-electron chi connectivity index (χ1n) is 5.68. The van der Waals surface area contributed by atoms with Crippen LogP contribution < -0.4 is 11.1 Å². The fourth-order valence-electron chi connectivity index (χ4n) is 1.97. The number of nitrogens with two attached hydrogens (primary N) is 1. The van der Waals surface area contributed by atoms with Crippen molar-refractivity contribution in [2.24, 2.45) is 5.73 Å². The maximum atomic E-state index is 10.8. The minimum absolute atomic E-state index is 0.0262. The molecule has 0 aliphatic carbocycles. The first-order chi connectivity index (χ1) is 7.95. The lowest BCUT2D eigenvalue weighted by Gasteiger charge is -2.21. The molecule has 0 aliphatic heterocycles. The zero-order chi connectivity index (χ0) is 13.0.